The Kier molecular flexibility index (Phi) is 45.3. The predicted molar refractivity (Wildman–Crippen MR) is 419 cm³/mol. The Balaban J connectivity index is 0.590. The quantitative estimate of drug-likeness (QED) is 0.0291. The van der Waals surface area contributed by atoms with Gasteiger partial charge in [0, 0.05) is 118 Å². The second-order valence-electron chi connectivity index (χ2n) is 26.8. The van der Waals surface area contributed by atoms with Gasteiger partial charge in [-0.1, -0.05) is 34.5 Å². The van der Waals surface area contributed by atoms with Gasteiger partial charge in [0.15, 0.2) is 0 Å². The average Bonchev–Trinajstić information content (AvgIpc) is 1.67. The van der Waals surface area contributed by atoms with Crippen molar-refractivity contribution < 1.29 is 111 Å². The Hall–Kier alpha value is -7.30. The number of nitrogens with zero attached hydrogens (tertiary/aromatic N) is 6. The largest absolute Gasteiger partial charge is 0.481 e. The summed E-state index contributed by atoms with van der Waals surface area (Å²) in [5, 5.41) is 41.8. The number of amides is 7. The molecular weight excluding hydrogens is 1550 g/mol. The van der Waals surface area contributed by atoms with Crippen molar-refractivity contribution in [2.45, 2.75) is 100 Å². The van der Waals surface area contributed by atoms with Gasteiger partial charge in [0.2, 0.25) is 11.8 Å². The van der Waals surface area contributed by atoms with Crippen LogP contribution in [0.2, 0.25) is 0 Å². The fraction of sp³-hybridized carbons (Fsp3) is 0.671. The third-order valence-electron chi connectivity index (χ3n) is 18.6. The van der Waals surface area contributed by atoms with E-state index in [0.717, 1.165) is 78.4 Å². The van der Waals surface area contributed by atoms with Gasteiger partial charge < -0.3 is 123 Å². The number of urea groups is 2. The number of pyridine rings is 1. The van der Waals surface area contributed by atoms with Gasteiger partial charge in [-0.2, -0.15) is 11.8 Å². The molecule has 0 saturated carbocycles. The standard InChI is InChI=1S/C76H116BrN11O23S/c77-60-11-8-58(9-12-60)56-88(22-4-3-5-63(73(94)95)80-75(98)81-64(74(96)97)17-19-70(91)92)72(93)59-10-18-67(79-55-59)86-27-23-84(24-28-86)61-13-15-62(16-14-61)85-25-29-87(30-26-85)69(90)20-31-100-33-35-102-37-39-104-41-43-106-45-47-108-49-51-110-53-54-111-52-50-109-48-46-107-44-42-105-40-38-103-36-34-101-32-21-78-68(89)7-2-1-6-66-71-65(57-112-66)82-76(99)83-71/h8-16,18,55,63-66,71H,1-7,17,19-54,56-57H2,(H,78,89)(H,91,92)(H,94,95)(H,96,97)(H2,80,81,98)(H2,82,83,99)/t63-,64-,65-,66-,71-/m0/s1. The number of rotatable bonds is 62. The van der Waals surface area contributed by atoms with Crippen LogP contribution in [0.5, 0.6) is 0 Å². The molecular formula is C76H116BrN11O23S. The molecule has 1 aromatic heterocycles. The van der Waals surface area contributed by atoms with Crippen LogP contribution in [-0.2, 0) is 87.4 Å². The first kappa shape index (κ1) is 91.9. The zero-order chi connectivity index (χ0) is 79.6. The summed E-state index contributed by atoms with van der Waals surface area (Å²) in [7, 11) is 0. The molecule has 0 bridgehead atoms. The van der Waals surface area contributed by atoms with Gasteiger partial charge in [-0.15, -0.1) is 0 Å². The highest BCUT2D eigenvalue weighted by Crippen LogP contribution is 2.33. The van der Waals surface area contributed by atoms with Gasteiger partial charge in [-0.25, -0.2) is 24.2 Å². The molecule has 5 atom stereocenters. The number of ether oxygens (including phenoxy) is 12. The van der Waals surface area contributed by atoms with Gasteiger partial charge in [-0.05, 0) is 92.6 Å². The van der Waals surface area contributed by atoms with Crippen molar-refractivity contribution in [3.05, 3.63) is 82.5 Å². The number of carboxylic acid groups (broad SMARTS) is 3. The molecule has 4 saturated heterocycles. The molecule has 626 valence electrons. The number of unbranched alkanes of at least 4 members (excludes halogenated alkanes) is 2. The molecule has 4 aliphatic heterocycles. The van der Waals surface area contributed by atoms with Crippen LogP contribution < -0.4 is 41.3 Å². The number of anilines is 3. The van der Waals surface area contributed by atoms with Crippen LogP contribution >= 0.6 is 27.7 Å². The third kappa shape index (κ3) is 37.3. The summed E-state index contributed by atoms with van der Waals surface area (Å²) < 4.78 is 67.7. The molecule has 5 heterocycles. The molecule has 4 aliphatic rings. The minimum absolute atomic E-state index is 0.0129. The number of piperazine rings is 2. The lowest BCUT2D eigenvalue weighted by molar-refractivity contribution is -0.141. The van der Waals surface area contributed by atoms with E-state index in [4.69, 9.17) is 66.9 Å². The lowest BCUT2D eigenvalue weighted by Crippen LogP contribution is -2.51. The van der Waals surface area contributed by atoms with Crippen LogP contribution in [0.15, 0.2) is 71.3 Å². The van der Waals surface area contributed by atoms with E-state index in [1.165, 1.54) is 0 Å². The van der Waals surface area contributed by atoms with Crippen LogP contribution in [0.4, 0.5) is 26.8 Å². The van der Waals surface area contributed by atoms with Crippen LogP contribution in [-0.4, -0.2) is 337 Å². The molecule has 3 aromatic rings. The molecule has 0 radical (unpaired) electrons. The van der Waals surface area contributed by atoms with Crippen LogP contribution in [0.3, 0.4) is 0 Å². The van der Waals surface area contributed by atoms with Crippen molar-refractivity contribution in [2.24, 2.45) is 0 Å². The summed E-state index contributed by atoms with van der Waals surface area (Å²) >= 11 is 5.35. The second-order valence-corrected chi connectivity index (χ2v) is 28.9. The number of nitrogens with one attached hydrogen (secondary N) is 5. The Labute approximate surface area is 668 Å². The Morgan fingerprint density at radius 1 is 0.518 bits per heavy atom. The molecule has 7 rings (SSSR count). The first-order valence-corrected chi connectivity index (χ1v) is 40.7. The molecule has 7 amide bonds. The molecule has 112 heavy (non-hydrogen) atoms. The molecule has 8 N–H and O–H groups in total. The minimum atomic E-state index is -1.52. The Bertz CT molecular complexity index is 3190. The number of carbonyl (C=O) groups excluding carboxylic acids is 5. The summed E-state index contributed by atoms with van der Waals surface area (Å²) in [4.78, 5) is 113. The van der Waals surface area contributed by atoms with E-state index >= 15 is 0 Å². The highest BCUT2D eigenvalue weighted by Gasteiger charge is 2.42. The fourth-order valence-electron chi connectivity index (χ4n) is 12.5. The number of aliphatic carboxylic acids is 3. The minimum Gasteiger partial charge on any atom is -0.481 e. The van der Waals surface area contributed by atoms with E-state index in [1.54, 1.807) is 17.2 Å². The molecule has 0 spiro atoms. The van der Waals surface area contributed by atoms with Gasteiger partial charge in [-0.3, -0.25) is 19.2 Å². The number of thioether (sulfide) groups is 1. The maximum absolute atomic E-state index is 14.1. The predicted octanol–water partition coefficient (Wildman–Crippen LogP) is 4.13. The van der Waals surface area contributed by atoms with E-state index in [1.807, 2.05) is 47.0 Å². The summed E-state index contributed by atoms with van der Waals surface area (Å²) in [6, 6.07) is 16.1. The summed E-state index contributed by atoms with van der Waals surface area (Å²) in [5.41, 5.74) is 3.48. The SMILES string of the molecule is O=C(O)CC[C@H](NC(=O)N[C@@H](CCCCN(Cc1ccc(Br)cc1)C(=O)c1ccc(N2CCN(c3ccc(N4CCN(C(=O)CCOCCOCCOCCOCCOCCOCCOCCOCCOCCOCCOCCOCCNC(=O)CCCC[C@@H]5SC[C@@H]6NC(=O)N[C@@H]65)CC4)cc3)CC2)nc1)C(=O)O)C(=O)O. The van der Waals surface area contributed by atoms with Crippen molar-refractivity contribution in [3.8, 4) is 0 Å². The number of hydrogen-bond acceptors (Lipinski definition) is 25. The molecule has 4 fully saturated rings. The van der Waals surface area contributed by atoms with Crippen molar-refractivity contribution in [3.63, 3.8) is 0 Å². The second kappa shape index (κ2) is 55.2. The van der Waals surface area contributed by atoms with Crippen molar-refractivity contribution in [1.82, 2.24) is 41.4 Å². The van der Waals surface area contributed by atoms with Gasteiger partial charge in [0.25, 0.3) is 5.91 Å². The number of aromatic nitrogens is 1. The summed E-state index contributed by atoms with van der Waals surface area (Å²) in [6.07, 6.45) is 4.94. The monoisotopic (exact) mass is 1660 g/mol. The van der Waals surface area contributed by atoms with Crippen molar-refractivity contribution in [1.29, 1.82) is 0 Å². The zero-order valence-corrected chi connectivity index (χ0v) is 66.6. The average molecular weight is 1660 g/mol. The highest BCUT2D eigenvalue weighted by molar-refractivity contribution is 9.10. The van der Waals surface area contributed by atoms with Crippen LogP contribution in [0.25, 0.3) is 0 Å². The Morgan fingerprint density at radius 3 is 1.46 bits per heavy atom. The number of hydrogen-bond donors (Lipinski definition) is 8. The van der Waals surface area contributed by atoms with E-state index in [-0.39, 0.29) is 61.8 Å². The van der Waals surface area contributed by atoms with Gasteiger partial charge >= 0.3 is 30.0 Å². The zero-order valence-electron chi connectivity index (χ0n) is 64.2. The third-order valence-corrected chi connectivity index (χ3v) is 20.6. The van der Waals surface area contributed by atoms with E-state index < -0.39 is 42.4 Å². The van der Waals surface area contributed by atoms with Crippen molar-refractivity contribution in [2.75, 3.05) is 244 Å². The first-order chi connectivity index (χ1) is 54.6. The van der Waals surface area contributed by atoms with Gasteiger partial charge in [0.05, 0.1) is 183 Å². The fourth-order valence-corrected chi connectivity index (χ4v) is 14.3. The molecule has 2 aromatic carbocycles. The first-order valence-electron chi connectivity index (χ1n) is 38.8. The lowest BCUT2D eigenvalue weighted by Gasteiger charge is -2.38. The molecule has 0 aliphatic carbocycles. The maximum Gasteiger partial charge on any atom is 0.326 e. The van der Waals surface area contributed by atoms with Crippen LogP contribution in [0, 0.1) is 0 Å². The number of benzene rings is 2. The van der Waals surface area contributed by atoms with E-state index in [0.29, 0.717) is 228 Å². The summed E-state index contributed by atoms with van der Waals surface area (Å²) in [6.45, 7) is 17.2. The van der Waals surface area contributed by atoms with Gasteiger partial charge in [0.1, 0.15) is 17.9 Å². The van der Waals surface area contributed by atoms with Crippen LogP contribution in [0.1, 0.15) is 80.1 Å². The molecule has 36 heteroatoms. The number of carboxylic acids is 3. The maximum atomic E-state index is 14.1. The molecule has 34 nitrogen and oxygen atoms in total. The van der Waals surface area contributed by atoms with Crippen molar-refractivity contribution >= 4 is 92.6 Å². The van der Waals surface area contributed by atoms with E-state index in [2.05, 4.69) is 81.5 Å². The van der Waals surface area contributed by atoms with E-state index in [9.17, 15) is 48.6 Å². The topological polar surface area (TPSA) is 397 Å². The smallest absolute Gasteiger partial charge is 0.326 e. The lowest BCUT2D eigenvalue weighted by atomic mass is 10.0. The Morgan fingerprint density at radius 2 is 0.982 bits per heavy atom. The number of carbonyl (C=O) groups is 8. The number of fused-ring (bicyclic) bond motifs is 1. The normalized spacial score (nSPS) is 16.7. The summed E-state index contributed by atoms with van der Waals surface area (Å²) in [5.74, 6) is -2.49. The highest BCUT2D eigenvalue weighted by atomic mass is 79.9. The molecule has 0 unspecified atom stereocenters. The number of halogens is 1.